The van der Waals surface area contributed by atoms with Gasteiger partial charge in [0.1, 0.15) is 0 Å². The van der Waals surface area contributed by atoms with Gasteiger partial charge in [0.25, 0.3) is 0 Å². The lowest BCUT2D eigenvalue weighted by Gasteiger charge is -2.45. The smallest absolute Gasteiger partial charge is 0.164 e. The average molecular weight is 816 g/mol. The summed E-state index contributed by atoms with van der Waals surface area (Å²) in [4.78, 5) is 23.0. The summed E-state index contributed by atoms with van der Waals surface area (Å²) in [5, 5.41) is 3.42. The van der Waals surface area contributed by atoms with Gasteiger partial charge in [-0.1, -0.05) is 188 Å². The highest BCUT2D eigenvalue weighted by Crippen LogP contribution is 2.64. The number of hydrogen-bond acceptors (Lipinski definition) is 5. The molecule has 64 heavy (non-hydrogen) atoms. The van der Waals surface area contributed by atoms with Crippen LogP contribution < -0.4 is 4.90 Å². The Morgan fingerprint density at radius 1 is 0.344 bits per heavy atom. The zero-order valence-corrected chi connectivity index (χ0v) is 34.6. The molecule has 0 amide bonds. The van der Waals surface area contributed by atoms with Gasteiger partial charge in [-0.05, 0) is 69.8 Å². The van der Waals surface area contributed by atoms with Crippen LogP contribution in [-0.2, 0) is 5.41 Å². The molecule has 9 aromatic carbocycles. The lowest BCUT2D eigenvalue weighted by Crippen LogP contribution is -2.36. The predicted octanol–water partition coefficient (Wildman–Crippen LogP) is 14.4. The maximum absolute atomic E-state index is 5.48. The van der Waals surface area contributed by atoms with Crippen LogP contribution in [0.5, 0.6) is 0 Å². The zero-order valence-electron chi connectivity index (χ0n) is 34.6. The first-order valence-electron chi connectivity index (χ1n) is 21.7. The zero-order chi connectivity index (χ0) is 42.2. The van der Waals surface area contributed by atoms with Gasteiger partial charge in [-0.25, -0.2) is 19.9 Å². The minimum Gasteiger partial charge on any atom is -0.310 e. The standard InChI is InChI=1S/C59H37N5/c1-4-19-38(20-5-1)56-61-57(39-21-6-2-7-22-39)63-58(62-56)41-24-18-23-40(37-41)55-45-35-36-49-54(53(45)44-28-11-15-32-50(44)60-55)43-27-10-12-29-46(43)59(49)47-30-13-16-33-51(47)64(42-25-8-3-9-26-42)52-34-17-14-31-48(52)59/h1-37H. The highest BCUT2D eigenvalue weighted by Gasteiger charge is 2.52. The van der Waals surface area contributed by atoms with Crippen molar-refractivity contribution in [3.8, 4) is 56.5 Å². The van der Waals surface area contributed by atoms with E-state index in [1.54, 1.807) is 0 Å². The topological polar surface area (TPSA) is 54.8 Å². The van der Waals surface area contributed by atoms with Crippen LogP contribution in [0.15, 0.2) is 224 Å². The van der Waals surface area contributed by atoms with Crippen molar-refractivity contribution in [3.63, 3.8) is 0 Å². The molecule has 0 N–H and O–H groups in total. The van der Waals surface area contributed by atoms with E-state index in [1.165, 1.54) is 50.1 Å². The first-order valence-corrected chi connectivity index (χ1v) is 21.7. The second-order valence-electron chi connectivity index (χ2n) is 16.5. The van der Waals surface area contributed by atoms with Crippen molar-refractivity contribution in [3.05, 3.63) is 247 Å². The molecule has 11 aromatic rings. The van der Waals surface area contributed by atoms with Crippen molar-refractivity contribution in [2.45, 2.75) is 5.41 Å². The summed E-state index contributed by atoms with van der Waals surface area (Å²) in [6.07, 6.45) is 0. The largest absolute Gasteiger partial charge is 0.310 e. The molecule has 1 spiro atoms. The van der Waals surface area contributed by atoms with Crippen molar-refractivity contribution in [2.75, 3.05) is 4.90 Å². The first kappa shape index (κ1) is 36.1. The number of pyridine rings is 1. The number of nitrogens with zero attached hydrogens (tertiary/aromatic N) is 5. The number of rotatable bonds is 5. The van der Waals surface area contributed by atoms with Gasteiger partial charge in [-0.15, -0.1) is 0 Å². The van der Waals surface area contributed by atoms with E-state index in [0.29, 0.717) is 17.5 Å². The molecule has 5 nitrogen and oxygen atoms in total. The predicted molar refractivity (Wildman–Crippen MR) is 260 cm³/mol. The van der Waals surface area contributed by atoms with Gasteiger partial charge < -0.3 is 4.90 Å². The quantitative estimate of drug-likeness (QED) is 0.162. The van der Waals surface area contributed by atoms with Gasteiger partial charge >= 0.3 is 0 Å². The van der Waals surface area contributed by atoms with Gasteiger partial charge in [0.05, 0.1) is 28.0 Å². The Balaban J connectivity index is 1.06. The molecule has 0 saturated carbocycles. The van der Waals surface area contributed by atoms with Crippen LogP contribution >= 0.6 is 0 Å². The van der Waals surface area contributed by atoms with Gasteiger partial charge in [0.2, 0.25) is 0 Å². The molecular weight excluding hydrogens is 779 g/mol. The number of fused-ring (bicyclic) bond motifs is 13. The van der Waals surface area contributed by atoms with E-state index in [9.17, 15) is 0 Å². The van der Waals surface area contributed by atoms with Crippen molar-refractivity contribution in [1.82, 2.24) is 19.9 Å². The number of para-hydroxylation sites is 4. The van der Waals surface area contributed by atoms with E-state index in [0.717, 1.165) is 49.9 Å². The molecule has 0 fully saturated rings. The Morgan fingerprint density at radius 3 is 1.53 bits per heavy atom. The van der Waals surface area contributed by atoms with E-state index < -0.39 is 5.41 Å². The molecule has 0 atom stereocenters. The molecule has 0 saturated heterocycles. The summed E-state index contributed by atoms with van der Waals surface area (Å²) in [5.74, 6) is 1.87. The fourth-order valence-corrected chi connectivity index (χ4v) is 10.5. The molecule has 2 aliphatic rings. The third-order valence-corrected chi connectivity index (χ3v) is 13.1. The van der Waals surface area contributed by atoms with Crippen LogP contribution in [-0.4, -0.2) is 19.9 Å². The minimum atomic E-state index is -0.575. The Labute approximate surface area is 370 Å². The summed E-state index contributed by atoms with van der Waals surface area (Å²) in [6.45, 7) is 0. The number of hydrogen-bond donors (Lipinski definition) is 0. The maximum atomic E-state index is 5.48. The molecule has 5 heteroatoms. The van der Waals surface area contributed by atoms with E-state index in [4.69, 9.17) is 19.9 Å². The highest BCUT2D eigenvalue weighted by molar-refractivity contribution is 6.20. The van der Waals surface area contributed by atoms with E-state index in [2.05, 4.69) is 169 Å². The lowest BCUT2D eigenvalue weighted by atomic mass is 9.64. The van der Waals surface area contributed by atoms with Crippen molar-refractivity contribution < 1.29 is 0 Å². The van der Waals surface area contributed by atoms with Crippen molar-refractivity contribution >= 4 is 38.7 Å². The molecule has 0 bridgehead atoms. The molecular formula is C59H37N5. The molecule has 3 heterocycles. The molecule has 0 radical (unpaired) electrons. The van der Waals surface area contributed by atoms with Crippen LogP contribution in [0.3, 0.4) is 0 Å². The maximum Gasteiger partial charge on any atom is 0.164 e. The molecule has 1 aliphatic carbocycles. The van der Waals surface area contributed by atoms with Gasteiger partial charge in [0.15, 0.2) is 17.5 Å². The SMILES string of the molecule is c1ccc(-c2nc(-c3ccccc3)nc(-c3cccc(-c4nc5ccccc5c5c6c(ccc45)C4(c5ccccc5-6)c5ccccc5N(c5ccccc5)c5ccccc54)c3)n2)cc1. The summed E-state index contributed by atoms with van der Waals surface area (Å²) >= 11 is 0. The van der Waals surface area contributed by atoms with Gasteiger partial charge in [-0.3, -0.25) is 0 Å². The van der Waals surface area contributed by atoms with Crippen LogP contribution in [0.2, 0.25) is 0 Å². The summed E-state index contributed by atoms with van der Waals surface area (Å²) in [7, 11) is 0. The van der Waals surface area contributed by atoms with Crippen LogP contribution in [0.4, 0.5) is 17.1 Å². The molecule has 1 aliphatic heterocycles. The average Bonchev–Trinajstić information content (AvgIpc) is 3.67. The molecule has 13 rings (SSSR count). The summed E-state index contributed by atoms with van der Waals surface area (Å²) in [6, 6.07) is 79.8. The fraction of sp³-hybridized carbons (Fsp3) is 0.0169. The summed E-state index contributed by atoms with van der Waals surface area (Å²) in [5.41, 5.74) is 16.1. The van der Waals surface area contributed by atoms with Crippen LogP contribution in [0.1, 0.15) is 22.3 Å². The normalized spacial score (nSPS) is 13.1. The monoisotopic (exact) mass is 815 g/mol. The third-order valence-electron chi connectivity index (χ3n) is 13.1. The van der Waals surface area contributed by atoms with Crippen LogP contribution in [0, 0.1) is 0 Å². The highest BCUT2D eigenvalue weighted by atomic mass is 15.2. The van der Waals surface area contributed by atoms with Gasteiger partial charge in [0, 0.05) is 44.1 Å². The molecule has 0 unspecified atom stereocenters. The van der Waals surface area contributed by atoms with Crippen LogP contribution in [0.25, 0.3) is 78.2 Å². The first-order chi connectivity index (χ1) is 31.8. The Kier molecular flexibility index (Phi) is 8.06. The summed E-state index contributed by atoms with van der Waals surface area (Å²) < 4.78 is 0. The number of aromatic nitrogens is 4. The number of benzene rings is 9. The number of anilines is 3. The van der Waals surface area contributed by atoms with E-state index in [-0.39, 0.29) is 0 Å². The van der Waals surface area contributed by atoms with E-state index >= 15 is 0 Å². The second kappa shape index (κ2) is 14.3. The second-order valence-corrected chi connectivity index (χ2v) is 16.5. The lowest BCUT2D eigenvalue weighted by molar-refractivity contribution is 0.753. The molecule has 298 valence electrons. The van der Waals surface area contributed by atoms with Crippen molar-refractivity contribution in [2.24, 2.45) is 0 Å². The Bertz CT molecular complexity index is 3520. The molecule has 2 aromatic heterocycles. The Morgan fingerprint density at radius 2 is 0.859 bits per heavy atom. The van der Waals surface area contributed by atoms with E-state index in [1.807, 2.05) is 60.7 Å². The Hall–Kier alpha value is -8.54. The minimum absolute atomic E-state index is 0.575. The van der Waals surface area contributed by atoms with Crippen molar-refractivity contribution in [1.29, 1.82) is 0 Å². The third kappa shape index (κ3) is 5.31. The van der Waals surface area contributed by atoms with Gasteiger partial charge in [-0.2, -0.15) is 0 Å². The fourth-order valence-electron chi connectivity index (χ4n) is 10.5.